The van der Waals surface area contributed by atoms with Gasteiger partial charge in [0.1, 0.15) is 0 Å². The van der Waals surface area contributed by atoms with Crippen LogP contribution in [0.2, 0.25) is 0 Å². The zero-order valence-corrected chi connectivity index (χ0v) is 13.8. The topological polar surface area (TPSA) is 37.3 Å². The fourth-order valence-electron chi connectivity index (χ4n) is 1.81. The summed E-state index contributed by atoms with van der Waals surface area (Å²) in [6.45, 7) is 0.132. The quantitative estimate of drug-likeness (QED) is 0.587. The fourth-order valence-corrected chi connectivity index (χ4v) is 3.62. The fraction of sp³-hybridized carbons (Fsp3) is 0.167. The van der Waals surface area contributed by atoms with Gasteiger partial charge in [0, 0.05) is 22.5 Å². The van der Waals surface area contributed by atoms with Crippen molar-refractivity contribution in [1.82, 2.24) is 0 Å². The molecule has 2 aromatic rings. The van der Waals surface area contributed by atoms with Crippen LogP contribution < -0.4 is 0 Å². The minimum absolute atomic E-state index is 0.0163. The monoisotopic (exact) mass is 330 g/mol. The molecule has 22 heavy (non-hydrogen) atoms. The van der Waals surface area contributed by atoms with Crippen LogP contribution in [0.3, 0.4) is 0 Å². The Morgan fingerprint density at radius 1 is 0.909 bits per heavy atom. The molecule has 0 aliphatic carbocycles. The zero-order chi connectivity index (χ0) is 15.6. The molecule has 0 spiro atoms. The molecule has 0 fully saturated rings. The summed E-state index contributed by atoms with van der Waals surface area (Å²) in [5.74, 6) is 0. The lowest BCUT2D eigenvalue weighted by atomic mass is 10.3. The van der Waals surface area contributed by atoms with Gasteiger partial charge in [-0.25, -0.2) is 0 Å². The van der Waals surface area contributed by atoms with Gasteiger partial charge in [-0.05, 0) is 53.8 Å². The van der Waals surface area contributed by atoms with Gasteiger partial charge < -0.3 is 5.11 Å². The van der Waals surface area contributed by atoms with Crippen LogP contribution in [-0.4, -0.2) is 16.8 Å². The number of rotatable bonds is 7. The smallest absolute Gasteiger partial charge is 0.217 e. The third-order valence-corrected chi connectivity index (χ3v) is 4.73. The molecular weight excluding hydrogens is 312 g/mol. The van der Waals surface area contributed by atoms with Crippen molar-refractivity contribution in [3.05, 3.63) is 71.6 Å². The van der Waals surface area contributed by atoms with Gasteiger partial charge in [-0.15, -0.1) is 0 Å². The highest BCUT2D eigenvalue weighted by Gasteiger charge is 2.06. The van der Waals surface area contributed by atoms with Crippen molar-refractivity contribution in [1.29, 1.82) is 0 Å². The lowest BCUT2D eigenvalue weighted by Gasteiger charge is -2.06. The maximum atomic E-state index is 12.2. The Bertz CT molecular complexity index is 609. The number of allylic oxidation sites excluding steroid dienone is 1. The average Bonchev–Trinajstić information content (AvgIpc) is 2.54. The predicted octanol–water partition coefficient (Wildman–Crippen LogP) is 4.75. The minimum atomic E-state index is 0.0163. The summed E-state index contributed by atoms with van der Waals surface area (Å²) in [7, 11) is 0. The summed E-state index contributed by atoms with van der Waals surface area (Å²) in [4.78, 5) is 15.2. The van der Waals surface area contributed by atoms with E-state index in [0.717, 1.165) is 14.7 Å². The Hall–Kier alpha value is -1.49. The Morgan fingerprint density at radius 2 is 1.45 bits per heavy atom. The van der Waals surface area contributed by atoms with Gasteiger partial charge in [-0.1, -0.05) is 48.2 Å². The molecule has 0 bridgehead atoms. The van der Waals surface area contributed by atoms with Gasteiger partial charge in [0.15, 0.2) is 0 Å². The SMILES string of the molecule is O=C(/C=C(\CCCO)Sc1ccccc1)Sc1ccccc1. The molecule has 1 N–H and O–H groups in total. The van der Waals surface area contributed by atoms with Crippen LogP contribution in [0.25, 0.3) is 0 Å². The molecule has 0 aromatic heterocycles. The Morgan fingerprint density at radius 3 is 2.00 bits per heavy atom. The molecule has 2 rings (SSSR count). The highest BCUT2D eigenvalue weighted by atomic mass is 32.2. The second kappa shape index (κ2) is 9.51. The molecule has 0 saturated heterocycles. The van der Waals surface area contributed by atoms with E-state index in [0.29, 0.717) is 12.8 Å². The van der Waals surface area contributed by atoms with E-state index in [2.05, 4.69) is 0 Å². The van der Waals surface area contributed by atoms with Crippen molar-refractivity contribution in [2.75, 3.05) is 6.61 Å². The van der Waals surface area contributed by atoms with E-state index in [9.17, 15) is 4.79 Å². The van der Waals surface area contributed by atoms with E-state index in [-0.39, 0.29) is 11.7 Å². The summed E-state index contributed by atoms with van der Waals surface area (Å²) >= 11 is 2.81. The van der Waals surface area contributed by atoms with E-state index in [1.165, 1.54) is 11.8 Å². The molecule has 0 aliphatic rings. The maximum Gasteiger partial charge on any atom is 0.217 e. The molecule has 0 heterocycles. The number of carbonyl (C=O) groups excluding carboxylic acids is 1. The van der Waals surface area contributed by atoms with E-state index >= 15 is 0 Å². The lowest BCUT2D eigenvalue weighted by molar-refractivity contribution is -0.107. The summed E-state index contributed by atoms with van der Waals surface area (Å²) in [5.41, 5.74) is 0. The van der Waals surface area contributed by atoms with Crippen molar-refractivity contribution in [2.45, 2.75) is 22.6 Å². The number of benzene rings is 2. The Labute approximate surface area is 139 Å². The summed E-state index contributed by atoms with van der Waals surface area (Å²) in [5, 5.41) is 9.04. The molecule has 0 atom stereocenters. The average molecular weight is 330 g/mol. The second-order valence-electron chi connectivity index (χ2n) is 4.59. The van der Waals surface area contributed by atoms with Crippen LogP contribution in [0.4, 0.5) is 0 Å². The first kappa shape index (κ1) is 16.9. The lowest BCUT2D eigenvalue weighted by Crippen LogP contribution is -1.91. The first-order chi connectivity index (χ1) is 10.8. The molecule has 0 saturated carbocycles. The molecule has 0 unspecified atom stereocenters. The van der Waals surface area contributed by atoms with Crippen LogP contribution in [-0.2, 0) is 4.79 Å². The minimum Gasteiger partial charge on any atom is -0.396 e. The Balaban J connectivity index is 2.05. The van der Waals surface area contributed by atoms with Crippen LogP contribution in [0, 0.1) is 0 Å². The first-order valence-electron chi connectivity index (χ1n) is 7.09. The molecule has 4 heteroatoms. The molecular formula is C18H18O2S2. The number of hydrogen-bond donors (Lipinski definition) is 1. The first-order valence-corrected chi connectivity index (χ1v) is 8.72. The molecule has 2 nitrogen and oxygen atoms in total. The molecule has 0 aliphatic heterocycles. The van der Waals surface area contributed by atoms with Crippen LogP contribution in [0.5, 0.6) is 0 Å². The number of carbonyl (C=O) groups is 1. The van der Waals surface area contributed by atoms with E-state index in [1.807, 2.05) is 60.7 Å². The van der Waals surface area contributed by atoms with Gasteiger partial charge in [0.2, 0.25) is 5.12 Å². The molecule has 0 radical (unpaired) electrons. The van der Waals surface area contributed by atoms with Gasteiger partial charge in [0.05, 0.1) is 0 Å². The van der Waals surface area contributed by atoms with E-state index in [4.69, 9.17) is 5.11 Å². The van der Waals surface area contributed by atoms with Crippen molar-refractivity contribution >= 4 is 28.6 Å². The number of thioether (sulfide) groups is 2. The van der Waals surface area contributed by atoms with E-state index in [1.54, 1.807) is 17.8 Å². The summed E-state index contributed by atoms with van der Waals surface area (Å²) in [6, 6.07) is 19.6. The third-order valence-electron chi connectivity index (χ3n) is 2.81. The van der Waals surface area contributed by atoms with Crippen LogP contribution >= 0.6 is 23.5 Å². The van der Waals surface area contributed by atoms with Crippen LogP contribution in [0.15, 0.2) is 81.4 Å². The summed E-state index contributed by atoms with van der Waals surface area (Å²) in [6.07, 6.45) is 3.05. The van der Waals surface area contributed by atoms with Crippen molar-refractivity contribution in [2.24, 2.45) is 0 Å². The molecule has 114 valence electrons. The zero-order valence-electron chi connectivity index (χ0n) is 12.1. The largest absolute Gasteiger partial charge is 0.396 e. The number of hydrogen-bond acceptors (Lipinski definition) is 4. The normalized spacial score (nSPS) is 11.4. The van der Waals surface area contributed by atoms with E-state index < -0.39 is 0 Å². The van der Waals surface area contributed by atoms with Gasteiger partial charge in [-0.2, -0.15) is 0 Å². The second-order valence-corrected chi connectivity index (χ2v) is 6.86. The van der Waals surface area contributed by atoms with Gasteiger partial charge >= 0.3 is 0 Å². The predicted molar refractivity (Wildman–Crippen MR) is 94.0 cm³/mol. The van der Waals surface area contributed by atoms with Crippen molar-refractivity contribution < 1.29 is 9.90 Å². The molecule has 2 aromatic carbocycles. The van der Waals surface area contributed by atoms with Crippen LogP contribution in [0.1, 0.15) is 12.8 Å². The maximum absolute atomic E-state index is 12.2. The molecule has 0 amide bonds. The number of aliphatic hydroxyl groups excluding tert-OH is 1. The highest BCUT2D eigenvalue weighted by Crippen LogP contribution is 2.31. The number of aliphatic hydroxyl groups is 1. The van der Waals surface area contributed by atoms with Gasteiger partial charge in [0.25, 0.3) is 0 Å². The highest BCUT2D eigenvalue weighted by molar-refractivity contribution is 8.14. The van der Waals surface area contributed by atoms with Crippen molar-refractivity contribution in [3.63, 3.8) is 0 Å². The Kier molecular flexibility index (Phi) is 7.30. The summed E-state index contributed by atoms with van der Waals surface area (Å²) < 4.78 is 0. The third kappa shape index (κ3) is 6.10. The van der Waals surface area contributed by atoms with Crippen molar-refractivity contribution in [3.8, 4) is 0 Å². The van der Waals surface area contributed by atoms with Gasteiger partial charge in [-0.3, -0.25) is 4.79 Å². The standard InChI is InChI=1S/C18H18O2S2/c19-13-7-12-17(21-15-8-3-1-4-9-15)14-18(20)22-16-10-5-2-6-11-16/h1-6,8-11,14,19H,7,12-13H2/b17-14+.